The number of aliphatic hydroxyl groups excluding tert-OH is 3. The number of unbranched alkanes of at least 4 members (excludes halogenated alkanes) is 20. The minimum atomic E-state index is -1.66. The molecular formula is C69H102F2N10O17. The second-order valence-electron chi connectivity index (χ2n) is 24.9. The van der Waals surface area contributed by atoms with Crippen molar-refractivity contribution in [1.29, 1.82) is 0 Å². The van der Waals surface area contributed by atoms with E-state index in [1.54, 1.807) is 0 Å². The fourth-order valence-corrected chi connectivity index (χ4v) is 11.1. The molecule has 98 heavy (non-hydrogen) atoms. The number of fused-ring (bicyclic) bond motifs is 2. The maximum Gasteiger partial charge on any atom is 0.413 e. The van der Waals surface area contributed by atoms with Crippen LogP contribution in [-0.4, -0.2) is 160 Å². The normalized spacial score (nSPS) is 18.8. The van der Waals surface area contributed by atoms with E-state index < -0.39 is 103 Å². The molecule has 0 saturated carbocycles. The number of terminal acetylenes is 2. The summed E-state index contributed by atoms with van der Waals surface area (Å²) in [5, 5.41) is 34.7. The summed E-state index contributed by atoms with van der Waals surface area (Å²) in [4.78, 5) is 98.9. The lowest BCUT2D eigenvalue weighted by Gasteiger charge is -2.24. The van der Waals surface area contributed by atoms with Crippen LogP contribution in [0, 0.1) is 42.8 Å². The van der Waals surface area contributed by atoms with Crippen molar-refractivity contribution >= 4 is 70.0 Å². The first-order chi connectivity index (χ1) is 47.3. The largest absolute Gasteiger partial charge is 0.462 e. The summed E-state index contributed by atoms with van der Waals surface area (Å²) in [7, 11) is 0. The van der Waals surface area contributed by atoms with E-state index in [1.807, 2.05) is 6.92 Å². The maximum atomic E-state index is 14.6. The van der Waals surface area contributed by atoms with E-state index in [-0.39, 0.29) is 98.4 Å². The Bertz CT molecular complexity index is 2940. The lowest BCUT2D eigenvalue weighted by atomic mass is 9.90. The zero-order valence-corrected chi connectivity index (χ0v) is 57.6. The molecule has 2 fully saturated rings. The van der Waals surface area contributed by atoms with Crippen molar-refractivity contribution < 1.29 is 90.8 Å². The zero-order valence-electron chi connectivity index (χ0n) is 57.6. The Kier molecular flexibility index (Phi) is 36.1. The van der Waals surface area contributed by atoms with Crippen LogP contribution in [-0.2, 0) is 57.1 Å². The minimum absolute atomic E-state index is 0.0227. The van der Waals surface area contributed by atoms with E-state index >= 15 is 0 Å². The fraction of sp³-hybridized carbons (Fsp3) is 0.710. The van der Waals surface area contributed by atoms with Gasteiger partial charge in [0.2, 0.25) is 0 Å². The highest BCUT2D eigenvalue weighted by atomic mass is 19.1. The molecule has 2 aliphatic rings. The number of hydrogen-bond acceptors (Lipinski definition) is 23. The van der Waals surface area contributed by atoms with Gasteiger partial charge in [-0.1, -0.05) is 175 Å². The van der Waals surface area contributed by atoms with Crippen molar-refractivity contribution in [1.82, 2.24) is 39.0 Å². The van der Waals surface area contributed by atoms with Crippen LogP contribution < -0.4 is 10.6 Å². The number of nitrogens with zero attached hydrogens (tertiary/aromatic N) is 8. The fourth-order valence-electron chi connectivity index (χ4n) is 11.1. The molecule has 4 aromatic rings. The van der Waals surface area contributed by atoms with Gasteiger partial charge in [-0.25, -0.2) is 19.6 Å². The monoisotopic (exact) mass is 1380 g/mol. The number of aliphatic hydroxyl groups is 3. The van der Waals surface area contributed by atoms with Crippen LogP contribution in [0.2, 0.25) is 0 Å². The van der Waals surface area contributed by atoms with Crippen LogP contribution in [0.15, 0.2) is 12.7 Å². The van der Waals surface area contributed by atoms with Crippen LogP contribution in [0.4, 0.5) is 30.0 Å². The molecule has 29 heteroatoms. The number of halogens is 2. The van der Waals surface area contributed by atoms with Crippen molar-refractivity contribution in [2.24, 2.45) is 5.92 Å². The van der Waals surface area contributed by atoms with Gasteiger partial charge < -0.3 is 53.2 Å². The molecule has 0 spiro atoms. The van der Waals surface area contributed by atoms with Crippen LogP contribution >= 0.6 is 0 Å². The van der Waals surface area contributed by atoms with Gasteiger partial charge in [0.05, 0.1) is 25.9 Å². The summed E-state index contributed by atoms with van der Waals surface area (Å²) >= 11 is 0. The number of aromatic nitrogens is 8. The molecule has 544 valence electrons. The molecule has 0 aliphatic carbocycles. The topological polar surface area (TPSA) is 348 Å². The average Bonchev–Trinajstić information content (AvgIpc) is 1.48. The van der Waals surface area contributed by atoms with E-state index in [4.69, 9.17) is 50.7 Å². The van der Waals surface area contributed by atoms with Gasteiger partial charge in [0, 0.05) is 38.0 Å². The molecule has 2 aliphatic heterocycles. The number of carbonyl (C=O) groups excluding carboxylic acids is 6. The Balaban J connectivity index is 0.000000354. The lowest BCUT2D eigenvalue weighted by molar-refractivity contribution is -0.154. The Hall–Kier alpha value is -7.70. The van der Waals surface area contributed by atoms with Gasteiger partial charge in [-0.2, -0.15) is 28.7 Å². The van der Waals surface area contributed by atoms with Crippen LogP contribution in [0.3, 0.4) is 0 Å². The maximum absolute atomic E-state index is 14.6. The molecule has 0 radical (unpaired) electrons. The minimum Gasteiger partial charge on any atom is -0.462 e. The van der Waals surface area contributed by atoms with E-state index in [0.717, 1.165) is 128 Å². The summed E-state index contributed by atoms with van der Waals surface area (Å²) in [6.07, 6.45) is 29.2. The molecule has 27 nitrogen and oxygen atoms in total. The number of imidazole rings is 2. The van der Waals surface area contributed by atoms with Gasteiger partial charge in [-0.3, -0.25) is 38.9 Å². The predicted octanol–water partition coefficient (Wildman–Crippen LogP) is 11.5. The molecule has 2 saturated heterocycles. The number of anilines is 2. The molecule has 2 amide bonds. The van der Waals surface area contributed by atoms with E-state index in [1.165, 1.54) is 21.8 Å². The Morgan fingerprint density at radius 1 is 0.531 bits per heavy atom. The van der Waals surface area contributed by atoms with Gasteiger partial charge in [0.15, 0.2) is 57.4 Å². The van der Waals surface area contributed by atoms with Crippen LogP contribution in [0.1, 0.15) is 240 Å². The second kappa shape index (κ2) is 43.6. The quantitative estimate of drug-likeness (QED) is 0.00903. The van der Waals surface area contributed by atoms with E-state index in [0.29, 0.717) is 32.1 Å². The number of nitrogens with one attached hydrogen (secondary N) is 2. The summed E-state index contributed by atoms with van der Waals surface area (Å²) in [5.74, 6) is 2.08. The van der Waals surface area contributed by atoms with Crippen LogP contribution in [0.25, 0.3) is 22.3 Å². The molecule has 6 heterocycles. The lowest BCUT2D eigenvalue weighted by Crippen LogP contribution is -2.41. The highest BCUT2D eigenvalue weighted by Crippen LogP contribution is 2.42. The van der Waals surface area contributed by atoms with Gasteiger partial charge in [0.1, 0.15) is 45.0 Å². The smallest absolute Gasteiger partial charge is 0.413 e. The van der Waals surface area contributed by atoms with Gasteiger partial charge in [-0.15, -0.1) is 12.8 Å². The summed E-state index contributed by atoms with van der Waals surface area (Å²) in [6, 6.07) is 0. The summed E-state index contributed by atoms with van der Waals surface area (Å²) in [5.41, 5.74) is -2.94. The SMILES string of the molecule is C#C[C@]1(CO)O[C@@H](n2cnc3c(NC(=O)OC(COC(=O)CCCCCCCC)COC(=O)CCCCCCCC)nc(F)nc32)C[C@@H]1C.C#C[C@]1(CO)O[C@@H](n2cnc3c(NC(=O)OC(COC(=O)CCCCCCCC)COC(=O)CCCCCCCC)nc(F)nc32)C[C@@H]1O. The summed E-state index contributed by atoms with van der Waals surface area (Å²) < 4.78 is 76.0. The third-order valence-electron chi connectivity index (χ3n) is 17.0. The molecule has 5 N–H and O–H groups in total. The first kappa shape index (κ1) is 81.0. The van der Waals surface area contributed by atoms with Gasteiger partial charge in [-0.05, 0) is 32.1 Å². The van der Waals surface area contributed by atoms with Crippen molar-refractivity contribution in [3.8, 4) is 24.7 Å². The first-order valence-electron chi connectivity index (χ1n) is 34.9. The third kappa shape index (κ3) is 26.2. The van der Waals surface area contributed by atoms with Gasteiger partial charge >= 0.3 is 48.2 Å². The van der Waals surface area contributed by atoms with E-state index in [9.17, 15) is 52.9 Å². The van der Waals surface area contributed by atoms with E-state index in [2.05, 4.69) is 80.1 Å². The molecular weight excluding hydrogens is 1280 g/mol. The third-order valence-corrected chi connectivity index (χ3v) is 17.0. The van der Waals surface area contributed by atoms with Gasteiger partial charge in [0.25, 0.3) is 0 Å². The molecule has 6 atom stereocenters. The van der Waals surface area contributed by atoms with Crippen molar-refractivity contribution in [3.63, 3.8) is 0 Å². The number of carbonyl (C=O) groups is 6. The van der Waals surface area contributed by atoms with Crippen molar-refractivity contribution in [2.45, 2.75) is 269 Å². The molecule has 0 aromatic carbocycles. The Morgan fingerprint density at radius 2 is 0.847 bits per heavy atom. The average molecular weight is 1380 g/mol. The molecule has 6 rings (SSSR count). The summed E-state index contributed by atoms with van der Waals surface area (Å²) in [6.45, 7) is 7.91. The Morgan fingerprint density at radius 3 is 1.15 bits per heavy atom. The molecule has 4 aromatic heterocycles. The number of rotatable bonds is 44. The van der Waals surface area contributed by atoms with Crippen LogP contribution in [0.5, 0.6) is 0 Å². The highest BCUT2D eigenvalue weighted by Gasteiger charge is 2.48. The number of esters is 4. The number of hydrogen-bond donors (Lipinski definition) is 5. The standard InChI is InChI=1S/C35H52FN5O8.C34H50FN5O9/c1-5-8-10-12-14-16-18-28(43)46-21-26(22-47-29(44)19-17-15-13-11-9-6-2)48-34(45)39-31-30-32(40-33(36)38-31)41(24-37-30)27-20-25(4)35(7-3,23-42)49-27;1-4-7-9-11-13-15-17-27(43)46-20-24(21-47-28(44)18-16-14-12-10-8-5-2)48-33(45)38-30-29-31(39-32(35)37-30)40(23-36-29)26-19-25(42)34(6-3,22-41)49-26/h3,24-27,42H,5-6,8-23H2,1-2,4H3,(H,38,39,40,45);3,23-26,41-42H,4-5,7-22H2,1-2H3,(H,37,38,39,45)/t25-,27+,35+;25-,26+,34+/m00/s1. The van der Waals surface area contributed by atoms with Crippen molar-refractivity contribution in [2.75, 3.05) is 50.3 Å². The molecule has 0 unspecified atom stereocenters. The zero-order chi connectivity index (χ0) is 71.3. The number of amides is 2. The molecule has 0 bridgehead atoms. The first-order valence-corrected chi connectivity index (χ1v) is 34.9. The second-order valence-corrected chi connectivity index (χ2v) is 24.9. The predicted molar refractivity (Wildman–Crippen MR) is 356 cm³/mol. The number of ether oxygens (including phenoxy) is 8. The highest BCUT2D eigenvalue weighted by molar-refractivity contribution is 5.94. The van der Waals surface area contributed by atoms with Crippen molar-refractivity contribution in [3.05, 3.63) is 24.8 Å². The Labute approximate surface area is 572 Å².